The van der Waals surface area contributed by atoms with Crippen molar-refractivity contribution < 1.29 is 14.3 Å². The number of rotatable bonds is 10. The van der Waals surface area contributed by atoms with E-state index in [4.69, 9.17) is 9.47 Å². The van der Waals surface area contributed by atoms with Gasteiger partial charge in [-0.1, -0.05) is 69.2 Å². The standard InChI is InChI=1S/C30H40N2O3/c1-7-18-30(19-8-2,26-16-17-27(31-26)32-28(33)35-29(4,5)6)24-14-15-25(22(3)20-24)34-21-23-12-10-9-11-13-23/h9-17,20,31H,7-8,18-19,21H2,1-6H3,(H,32,33). The molecular weight excluding hydrogens is 436 g/mol. The van der Waals surface area contributed by atoms with Crippen LogP contribution >= 0.6 is 0 Å². The highest BCUT2D eigenvalue weighted by atomic mass is 16.6. The minimum atomic E-state index is -0.546. The number of hydrogen-bond donors (Lipinski definition) is 2. The minimum absolute atomic E-state index is 0.180. The Hall–Kier alpha value is -3.21. The lowest BCUT2D eigenvalue weighted by Gasteiger charge is -2.34. The number of anilines is 1. The number of nitrogens with one attached hydrogen (secondary N) is 2. The second-order valence-corrected chi connectivity index (χ2v) is 10.2. The normalized spacial score (nSPS) is 11.8. The van der Waals surface area contributed by atoms with E-state index in [9.17, 15) is 4.79 Å². The van der Waals surface area contributed by atoms with Gasteiger partial charge < -0.3 is 14.5 Å². The van der Waals surface area contributed by atoms with Crippen molar-refractivity contribution in [2.75, 3.05) is 5.32 Å². The zero-order valence-corrected chi connectivity index (χ0v) is 22.0. The lowest BCUT2D eigenvalue weighted by molar-refractivity contribution is 0.0635. The topological polar surface area (TPSA) is 63.4 Å². The van der Waals surface area contributed by atoms with Gasteiger partial charge in [-0.3, -0.25) is 5.32 Å². The van der Waals surface area contributed by atoms with Crippen LogP contribution in [0, 0.1) is 6.92 Å². The van der Waals surface area contributed by atoms with Gasteiger partial charge in [-0.05, 0) is 75.4 Å². The summed E-state index contributed by atoms with van der Waals surface area (Å²) >= 11 is 0. The molecule has 3 aromatic rings. The van der Waals surface area contributed by atoms with Gasteiger partial charge in [-0.2, -0.15) is 0 Å². The lowest BCUT2D eigenvalue weighted by atomic mass is 9.70. The molecule has 0 fully saturated rings. The Morgan fingerprint density at radius 3 is 2.23 bits per heavy atom. The van der Waals surface area contributed by atoms with Crippen molar-refractivity contribution in [1.82, 2.24) is 4.98 Å². The number of aromatic nitrogens is 1. The SMILES string of the molecule is CCCC(CCC)(c1ccc(OCc2ccccc2)c(C)c1)c1ccc(NC(=O)OC(C)(C)C)[nH]1. The number of carbonyl (C=O) groups is 1. The van der Waals surface area contributed by atoms with Gasteiger partial charge in [0.15, 0.2) is 0 Å². The van der Waals surface area contributed by atoms with Crippen LogP contribution in [0.2, 0.25) is 0 Å². The molecule has 5 heteroatoms. The fraction of sp³-hybridized carbons (Fsp3) is 0.433. The maximum atomic E-state index is 12.3. The molecule has 0 saturated heterocycles. The molecule has 0 atom stereocenters. The summed E-state index contributed by atoms with van der Waals surface area (Å²) in [5.41, 5.74) is 3.91. The summed E-state index contributed by atoms with van der Waals surface area (Å²) in [6, 6.07) is 20.8. The van der Waals surface area contributed by atoms with Crippen LogP contribution in [0.5, 0.6) is 5.75 Å². The molecule has 188 valence electrons. The second-order valence-electron chi connectivity index (χ2n) is 10.2. The number of aryl methyl sites for hydroxylation is 1. The molecule has 1 heterocycles. The second kappa shape index (κ2) is 11.5. The fourth-order valence-corrected chi connectivity index (χ4v) is 4.70. The summed E-state index contributed by atoms with van der Waals surface area (Å²) in [5, 5.41) is 2.84. The van der Waals surface area contributed by atoms with Crippen LogP contribution in [-0.2, 0) is 16.8 Å². The lowest BCUT2D eigenvalue weighted by Crippen LogP contribution is -2.29. The van der Waals surface area contributed by atoms with Gasteiger partial charge in [0.1, 0.15) is 23.8 Å². The van der Waals surface area contributed by atoms with Gasteiger partial charge in [-0.25, -0.2) is 4.79 Å². The van der Waals surface area contributed by atoms with Crippen LogP contribution in [0.1, 0.15) is 82.7 Å². The maximum absolute atomic E-state index is 12.3. The third-order valence-electron chi connectivity index (χ3n) is 6.16. The monoisotopic (exact) mass is 476 g/mol. The molecule has 0 aliphatic heterocycles. The highest BCUT2D eigenvalue weighted by molar-refractivity contribution is 5.83. The molecule has 1 aromatic heterocycles. The Morgan fingerprint density at radius 2 is 1.63 bits per heavy atom. The third-order valence-corrected chi connectivity index (χ3v) is 6.16. The summed E-state index contributed by atoms with van der Waals surface area (Å²) in [4.78, 5) is 15.8. The van der Waals surface area contributed by atoms with E-state index >= 15 is 0 Å². The molecule has 5 nitrogen and oxygen atoms in total. The van der Waals surface area contributed by atoms with Crippen molar-refractivity contribution in [3.05, 3.63) is 83.0 Å². The van der Waals surface area contributed by atoms with Crippen LogP contribution < -0.4 is 10.1 Å². The number of aromatic amines is 1. The number of benzene rings is 2. The van der Waals surface area contributed by atoms with E-state index in [1.54, 1.807) is 0 Å². The molecule has 0 aliphatic rings. The maximum Gasteiger partial charge on any atom is 0.413 e. The van der Waals surface area contributed by atoms with Gasteiger partial charge in [0.25, 0.3) is 0 Å². The highest BCUT2D eigenvalue weighted by Crippen LogP contribution is 2.42. The molecule has 0 spiro atoms. The molecule has 2 N–H and O–H groups in total. The van der Waals surface area contributed by atoms with Gasteiger partial charge in [0, 0.05) is 11.1 Å². The van der Waals surface area contributed by atoms with E-state index in [-0.39, 0.29) is 5.41 Å². The predicted molar refractivity (Wildman–Crippen MR) is 143 cm³/mol. The zero-order chi connectivity index (χ0) is 25.5. The third kappa shape index (κ3) is 6.91. The highest BCUT2D eigenvalue weighted by Gasteiger charge is 2.34. The smallest absolute Gasteiger partial charge is 0.413 e. The van der Waals surface area contributed by atoms with Gasteiger partial charge in [0.2, 0.25) is 0 Å². The van der Waals surface area contributed by atoms with Gasteiger partial charge in [0.05, 0.1) is 0 Å². The van der Waals surface area contributed by atoms with E-state index in [2.05, 4.69) is 67.5 Å². The van der Waals surface area contributed by atoms with Crippen LogP contribution in [0.4, 0.5) is 10.6 Å². The molecule has 0 saturated carbocycles. The summed E-state index contributed by atoms with van der Waals surface area (Å²) in [7, 11) is 0. The number of ether oxygens (including phenoxy) is 2. The predicted octanol–water partition coefficient (Wildman–Crippen LogP) is 8.14. The number of hydrogen-bond acceptors (Lipinski definition) is 3. The van der Waals surface area contributed by atoms with Crippen molar-refractivity contribution >= 4 is 11.9 Å². The first-order chi connectivity index (χ1) is 16.7. The van der Waals surface area contributed by atoms with Crippen LogP contribution in [0.25, 0.3) is 0 Å². The molecule has 35 heavy (non-hydrogen) atoms. The van der Waals surface area contributed by atoms with E-state index in [0.717, 1.165) is 48.3 Å². The zero-order valence-electron chi connectivity index (χ0n) is 22.0. The Kier molecular flexibility index (Phi) is 8.66. The van der Waals surface area contributed by atoms with Crippen LogP contribution in [0.15, 0.2) is 60.7 Å². The first-order valence-electron chi connectivity index (χ1n) is 12.6. The Labute approximate surface area is 210 Å². The van der Waals surface area contributed by atoms with E-state index < -0.39 is 11.7 Å². The Bertz CT molecular complexity index is 1090. The first-order valence-corrected chi connectivity index (χ1v) is 12.6. The quantitative estimate of drug-likeness (QED) is 0.310. The van der Waals surface area contributed by atoms with Gasteiger partial charge >= 0.3 is 6.09 Å². The largest absolute Gasteiger partial charge is 0.489 e. The number of H-pyrrole nitrogens is 1. The Morgan fingerprint density at radius 1 is 0.943 bits per heavy atom. The molecular formula is C30H40N2O3. The van der Waals surface area contributed by atoms with Crippen molar-refractivity contribution in [1.29, 1.82) is 0 Å². The van der Waals surface area contributed by atoms with Crippen molar-refractivity contribution in [2.45, 2.75) is 84.8 Å². The van der Waals surface area contributed by atoms with Crippen molar-refractivity contribution in [3.8, 4) is 5.75 Å². The van der Waals surface area contributed by atoms with E-state index in [0.29, 0.717) is 12.4 Å². The van der Waals surface area contributed by atoms with Gasteiger partial charge in [-0.15, -0.1) is 0 Å². The average molecular weight is 477 g/mol. The molecule has 1 amide bonds. The van der Waals surface area contributed by atoms with Crippen molar-refractivity contribution in [2.24, 2.45) is 0 Å². The fourth-order valence-electron chi connectivity index (χ4n) is 4.70. The van der Waals surface area contributed by atoms with E-state index in [1.807, 2.05) is 45.0 Å². The molecule has 2 aromatic carbocycles. The molecule has 0 radical (unpaired) electrons. The first kappa shape index (κ1) is 26.4. The average Bonchev–Trinajstić information content (AvgIpc) is 3.26. The summed E-state index contributed by atoms with van der Waals surface area (Å²) in [5.74, 6) is 1.55. The number of carbonyl (C=O) groups excluding carboxylic acids is 1. The minimum Gasteiger partial charge on any atom is -0.489 e. The summed E-state index contributed by atoms with van der Waals surface area (Å²) in [6.45, 7) is 12.7. The number of amides is 1. The molecule has 0 unspecified atom stereocenters. The summed E-state index contributed by atoms with van der Waals surface area (Å²) in [6.07, 6.45) is 3.62. The molecule has 3 rings (SSSR count). The van der Waals surface area contributed by atoms with Crippen molar-refractivity contribution in [3.63, 3.8) is 0 Å². The molecule has 0 aliphatic carbocycles. The van der Waals surface area contributed by atoms with E-state index in [1.165, 1.54) is 5.56 Å². The summed E-state index contributed by atoms with van der Waals surface area (Å²) < 4.78 is 11.6. The van der Waals surface area contributed by atoms with Crippen LogP contribution in [0.3, 0.4) is 0 Å². The van der Waals surface area contributed by atoms with Crippen LogP contribution in [-0.4, -0.2) is 16.7 Å². The Balaban J connectivity index is 1.87. The molecule has 0 bridgehead atoms.